The molecule has 8 heteroatoms. The van der Waals surface area contributed by atoms with Crippen LogP contribution in [0, 0.1) is 11.8 Å². The number of fused-ring (bicyclic) bond motifs is 1. The smallest absolute Gasteiger partial charge is 0.326 e. The van der Waals surface area contributed by atoms with Gasteiger partial charge in [0.25, 0.3) is 5.91 Å². The van der Waals surface area contributed by atoms with Gasteiger partial charge < -0.3 is 14.8 Å². The lowest BCUT2D eigenvalue weighted by molar-refractivity contribution is -0.154. The normalized spacial score (nSPS) is 21.6. The summed E-state index contributed by atoms with van der Waals surface area (Å²) in [4.78, 5) is 49.6. The molecular weight excluding hydrogens is 352 g/mol. The number of para-hydroxylation sites is 2. The third kappa shape index (κ3) is 4.10. The molecule has 1 aliphatic heterocycles. The number of amides is 3. The van der Waals surface area contributed by atoms with Gasteiger partial charge in [0, 0.05) is 0 Å². The number of nitrogens with zero attached hydrogens (tertiary/aromatic N) is 1. The lowest BCUT2D eigenvalue weighted by Gasteiger charge is -2.19. The van der Waals surface area contributed by atoms with E-state index in [1.807, 2.05) is 0 Å². The average Bonchev–Trinajstić information content (AvgIpc) is 2.92. The molecular formula is C19H22N2O6. The van der Waals surface area contributed by atoms with Crippen LogP contribution in [-0.4, -0.2) is 48.9 Å². The van der Waals surface area contributed by atoms with Crippen LogP contribution in [0.5, 0.6) is 5.75 Å². The van der Waals surface area contributed by atoms with Crippen LogP contribution in [0.1, 0.15) is 25.7 Å². The highest BCUT2D eigenvalue weighted by molar-refractivity contribution is 6.07. The Balaban J connectivity index is 1.50. The van der Waals surface area contributed by atoms with Gasteiger partial charge in [-0.15, -0.1) is 0 Å². The van der Waals surface area contributed by atoms with E-state index in [9.17, 15) is 19.2 Å². The fraction of sp³-hybridized carbons (Fsp3) is 0.474. The summed E-state index contributed by atoms with van der Waals surface area (Å²) in [5.41, 5.74) is 0.454. The summed E-state index contributed by atoms with van der Waals surface area (Å²) in [6.07, 6.45) is 3.20. The van der Waals surface area contributed by atoms with E-state index in [4.69, 9.17) is 9.47 Å². The number of benzene rings is 1. The monoisotopic (exact) mass is 374 g/mol. The molecule has 1 heterocycles. The molecule has 1 aromatic carbocycles. The van der Waals surface area contributed by atoms with E-state index in [1.54, 1.807) is 24.3 Å². The minimum absolute atomic E-state index is 0.305. The fourth-order valence-corrected chi connectivity index (χ4v) is 3.64. The largest absolute Gasteiger partial charge is 0.495 e. The Bertz CT molecular complexity index is 738. The van der Waals surface area contributed by atoms with E-state index in [-0.39, 0.29) is 23.7 Å². The number of methoxy groups -OCH3 is 1. The van der Waals surface area contributed by atoms with Crippen LogP contribution in [0.25, 0.3) is 0 Å². The Morgan fingerprint density at radius 2 is 1.74 bits per heavy atom. The van der Waals surface area contributed by atoms with Crippen molar-refractivity contribution in [3.8, 4) is 5.75 Å². The molecule has 0 bridgehead atoms. The molecule has 2 aliphatic rings. The molecule has 2 unspecified atom stereocenters. The standard InChI is InChI=1S/C19H22N2O6/c1-26-15-9-5-4-8-14(15)20-16(22)11-27-17(23)10-21-18(24)12-6-2-3-7-13(12)19(21)25/h4-5,8-9,12-13H,2-3,6-7,10-11H2,1H3,(H,20,22). The Morgan fingerprint density at radius 3 is 2.37 bits per heavy atom. The van der Waals surface area contributed by atoms with Crippen LogP contribution < -0.4 is 10.1 Å². The van der Waals surface area contributed by atoms with Crippen LogP contribution in [0.2, 0.25) is 0 Å². The third-order valence-corrected chi connectivity index (χ3v) is 4.96. The number of esters is 1. The highest BCUT2D eigenvalue weighted by Gasteiger charge is 2.48. The van der Waals surface area contributed by atoms with Crippen molar-refractivity contribution < 1.29 is 28.7 Å². The number of likely N-dealkylation sites (tertiary alicyclic amines) is 1. The average molecular weight is 374 g/mol. The van der Waals surface area contributed by atoms with Crippen LogP contribution in [0.15, 0.2) is 24.3 Å². The zero-order valence-electron chi connectivity index (χ0n) is 15.1. The van der Waals surface area contributed by atoms with Crippen molar-refractivity contribution in [1.29, 1.82) is 0 Å². The zero-order valence-corrected chi connectivity index (χ0v) is 15.1. The first-order valence-electron chi connectivity index (χ1n) is 8.95. The maximum atomic E-state index is 12.3. The van der Waals surface area contributed by atoms with Crippen molar-refractivity contribution in [3.05, 3.63) is 24.3 Å². The Labute approximate surface area is 156 Å². The van der Waals surface area contributed by atoms with Crippen LogP contribution in [0.3, 0.4) is 0 Å². The maximum Gasteiger partial charge on any atom is 0.326 e. The summed E-state index contributed by atoms with van der Waals surface area (Å²) in [6, 6.07) is 6.83. The summed E-state index contributed by atoms with van der Waals surface area (Å²) in [7, 11) is 1.48. The summed E-state index contributed by atoms with van der Waals surface area (Å²) >= 11 is 0. The number of anilines is 1. The van der Waals surface area contributed by atoms with Crippen molar-refractivity contribution in [3.63, 3.8) is 0 Å². The van der Waals surface area contributed by atoms with E-state index >= 15 is 0 Å². The van der Waals surface area contributed by atoms with Crippen LogP contribution >= 0.6 is 0 Å². The molecule has 27 heavy (non-hydrogen) atoms. The second-order valence-corrected chi connectivity index (χ2v) is 6.67. The molecule has 2 fully saturated rings. The molecule has 1 aromatic rings. The Morgan fingerprint density at radius 1 is 1.11 bits per heavy atom. The van der Waals surface area contributed by atoms with Crippen molar-refractivity contribution in [2.75, 3.05) is 25.6 Å². The summed E-state index contributed by atoms with van der Waals surface area (Å²) < 4.78 is 10.0. The molecule has 1 aliphatic carbocycles. The molecule has 1 saturated heterocycles. The highest BCUT2D eigenvalue weighted by Crippen LogP contribution is 2.37. The zero-order chi connectivity index (χ0) is 19.4. The number of carbonyl (C=O) groups is 4. The van der Waals surface area contributed by atoms with Crippen LogP contribution in [-0.2, 0) is 23.9 Å². The molecule has 0 aromatic heterocycles. The van der Waals surface area contributed by atoms with Gasteiger partial charge in [-0.25, -0.2) is 0 Å². The van der Waals surface area contributed by atoms with Crippen LogP contribution in [0.4, 0.5) is 5.69 Å². The highest BCUT2D eigenvalue weighted by atomic mass is 16.5. The Kier molecular flexibility index (Phi) is 5.73. The lowest BCUT2D eigenvalue weighted by atomic mass is 9.81. The lowest BCUT2D eigenvalue weighted by Crippen LogP contribution is -2.37. The number of nitrogens with one attached hydrogen (secondary N) is 1. The molecule has 8 nitrogen and oxygen atoms in total. The number of ether oxygens (including phenoxy) is 2. The van der Waals surface area contributed by atoms with E-state index in [0.717, 1.165) is 17.7 Å². The molecule has 0 spiro atoms. The SMILES string of the molecule is COc1ccccc1NC(=O)COC(=O)CN1C(=O)C2CCCCC2C1=O. The van der Waals surface area contributed by atoms with Gasteiger partial charge in [-0.2, -0.15) is 0 Å². The summed E-state index contributed by atoms with van der Waals surface area (Å²) in [5, 5.41) is 2.58. The number of carbonyl (C=O) groups excluding carboxylic acids is 4. The van der Waals surface area contributed by atoms with Gasteiger partial charge in [0.05, 0.1) is 24.6 Å². The van der Waals surface area contributed by atoms with Crippen molar-refractivity contribution in [2.24, 2.45) is 11.8 Å². The van der Waals surface area contributed by atoms with Gasteiger partial charge in [0.2, 0.25) is 11.8 Å². The van der Waals surface area contributed by atoms with E-state index in [1.165, 1.54) is 7.11 Å². The van der Waals surface area contributed by atoms with E-state index in [0.29, 0.717) is 24.3 Å². The molecule has 3 amide bonds. The van der Waals surface area contributed by atoms with Gasteiger partial charge in [0.15, 0.2) is 6.61 Å². The van der Waals surface area contributed by atoms with Gasteiger partial charge in [-0.05, 0) is 25.0 Å². The first kappa shape index (κ1) is 18.9. The van der Waals surface area contributed by atoms with Crippen molar-refractivity contribution in [2.45, 2.75) is 25.7 Å². The molecule has 144 valence electrons. The predicted molar refractivity (Wildman–Crippen MR) is 94.8 cm³/mol. The third-order valence-electron chi connectivity index (χ3n) is 4.96. The molecule has 1 N–H and O–H groups in total. The fourth-order valence-electron chi connectivity index (χ4n) is 3.64. The van der Waals surface area contributed by atoms with E-state index < -0.39 is 25.0 Å². The number of hydrogen-bond acceptors (Lipinski definition) is 6. The predicted octanol–water partition coefficient (Wildman–Crippen LogP) is 1.35. The molecule has 0 radical (unpaired) electrons. The van der Waals surface area contributed by atoms with Crippen molar-refractivity contribution >= 4 is 29.4 Å². The van der Waals surface area contributed by atoms with Gasteiger partial charge >= 0.3 is 5.97 Å². The van der Waals surface area contributed by atoms with E-state index in [2.05, 4.69) is 5.32 Å². The number of hydrogen-bond donors (Lipinski definition) is 1. The Hall–Kier alpha value is -2.90. The summed E-state index contributed by atoms with van der Waals surface area (Å²) in [5.74, 6) is -2.08. The minimum Gasteiger partial charge on any atom is -0.495 e. The summed E-state index contributed by atoms with van der Waals surface area (Å²) in [6.45, 7) is -0.966. The number of imide groups is 1. The molecule has 3 rings (SSSR count). The maximum absolute atomic E-state index is 12.3. The second-order valence-electron chi connectivity index (χ2n) is 6.67. The molecule has 2 atom stereocenters. The first-order chi connectivity index (χ1) is 13.0. The second kappa shape index (κ2) is 8.20. The minimum atomic E-state index is -0.787. The number of rotatable bonds is 6. The molecule has 1 saturated carbocycles. The first-order valence-corrected chi connectivity index (χ1v) is 8.95. The van der Waals surface area contributed by atoms with Gasteiger partial charge in [-0.1, -0.05) is 25.0 Å². The van der Waals surface area contributed by atoms with Gasteiger partial charge in [0.1, 0.15) is 12.3 Å². The quantitative estimate of drug-likeness (QED) is 0.596. The topological polar surface area (TPSA) is 102 Å². The van der Waals surface area contributed by atoms with Crippen molar-refractivity contribution in [1.82, 2.24) is 4.90 Å². The van der Waals surface area contributed by atoms with Gasteiger partial charge in [-0.3, -0.25) is 24.1 Å².